The number of aromatic hydroxyl groups is 2. The van der Waals surface area contributed by atoms with Gasteiger partial charge in [0.1, 0.15) is 11.5 Å². The third-order valence-corrected chi connectivity index (χ3v) is 8.48. The van der Waals surface area contributed by atoms with E-state index in [4.69, 9.17) is 20.4 Å². The number of carbonyl (C=O) groups is 4. The van der Waals surface area contributed by atoms with E-state index in [9.17, 15) is 34.5 Å². The van der Waals surface area contributed by atoms with E-state index in [0.717, 1.165) is 50.1 Å². The van der Waals surface area contributed by atoms with Gasteiger partial charge < -0.3 is 40.2 Å². The minimum absolute atomic E-state index is 0.00315. The predicted octanol–water partition coefficient (Wildman–Crippen LogP) is 4.60. The first-order valence-electron chi connectivity index (χ1n) is 15.9. The van der Waals surface area contributed by atoms with Gasteiger partial charge in [0.15, 0.2) is 0 Å². The lowest BCUT2D eigenvalue weighted by molar-refractivity contribution is -0.926. The number of phenolic OH excluding ortho intramolecular Hbond substituents is 2. The molecule has 0 aliphatic carbocycles. The highest BCUT2D eigenvalue weighted by Crippen LogP contribution is 2.31. The highest BCUT2D eigenvalue weighted by Gasteiger charge is 2.30. The molecule has 0 saturated heterocycles. The summed E-state index contributed by atoms with van der Waals surface area (Å²) in [5.41, 5.74) is 7.95. The summed E-state index contributed by atoms with van der Waals surface area (Å²) in [5.74, 6) is -3.70. The number of nitrogens with zero attached hydrogens (tertiary/aromatic N) is 1. The van der Waals surface area contributed by atoms with Gasteiger partial charge in [0, 0.05) is 0 Å². The fourth-order valence-corrected chi connectivity index (χ4v) is 5.93. The first-order chi connectivity index (χ1) is 22.8. The molecule has 0 aliphatic rings. The van der Waals surface area contributed by atoms with Gasteiger partial charge in [-0.05, 0) is 80.8 Å². The zero-order valence-electron chi connectivity index (χ0n) is 28.7. The van der Waals surface area contributed by atoms with Gasteiger partial charge in [0.05, 0.1) is 51.9 Å². The van der Waals surface area contributed by atoms with Crippen molar-refractivity contribution < 1.29 is 59.4 Å². The third kappa shape index (κ3) is 12.8. The summed E-state index contributed by atoms with van der Waals surface area (Å²) >= 11 is 0. The van der Waals surface area contributed by atoms with Crippen LogP contribution in [0.2, 0.25) is 0 Å². The van der Waals surface area contributed by atoms with Crippen molar-refractivity contribution in [3.8, 4) is 17.2 Å². The van der Waals surface area contributed by atoms with Crippen molar-refractivity contribution in [1.29, 1.82) is 0 Å². The lowest BCUT2D eigenvalue weighted by Gasteiger charge is -2.37. The first-order valence-corrected chi connectivity index (χ1v) is 15.9. The van der Waals surface area contributed by atoms with Gasteiger partial charge in [-0.1, -0.05) is 53.1 Å². The number of carboxylic acids is 4. The van der Waals surface area contributed by atoms with Crippen LogP contribution in [0.5, 0.6) is 17.2 Å². The monoisotopic (exact) mass is 681 g/mol. The quantitative estimate of drug-likeness (QED) is 0.115. The van der Waals surface area contributed by atoms with Crippen molar-refractivity contribution in [2.24, 2.45) is 0 Å². The smallest absolute Gasteiger partial charge is 0.309 e. The SMILES string of the molecule is Cc1cc(Cc2cc(C)c(O)c(C)c2)c([O-])c(Cc2cc(C)c(O)c(C)c2)c1.O=C(O)CC[N+](CCC(=O)O)(CCC(=O)O)CCC(=O)O. The van der Waals surface area contributed by atoms with Gasteiger partial charge in [0.2, 0.25) is 0 Å². The zero-order chi connectivity index (χ0) is 37.1. The molecule has 0 aliphatic heterocycles. The van der Waals surface area contributed by atoms with Crippen molar-refractivity contribution >= 4 is 23.9 Å². The number of aliphatic carboxylic acids is 4. The molecule has 12 nitrogen and oxygen atoms in total. The van der Waals surface area contributed by atoms with Crippen LogP contribution in [0.15, 0.2) is 36.4 Å². The Morgan fingerprint density at radius 1 is 0.531 bits per heavy atom. The first kappa shape index (κ1) is 40.1. The highest BCUT2D eigenvalue weighted by molar-refractivity contribution is 5.68. The van der Waals surface area contributed by atoms with E-state index >= 15 is 0 Å². The van der Waals surface area contributed by atoms with Crippen molar-refractivity contribution in [1.82, 2.24) is 0 Å². The highest BCUT2D eigenvalue weighted by atomic mass is 16.4. The molecule has 0 bridgehead atoms. The Morgan fingerprint density at radius 3 is 1.04 bits per heavy atom. The predicted molar refractivity (Wildman–Crippen MR) is 180 cm³/mol. The number of rotatable bonds is 16. The Kier molecular flexibility index (Phi) is 14.6. The van der Waals surface area contributed by atoms with Gasteiger partial charge >= 0.3 is 23.9 Å². The lowest BCUT2D eigenvalue weighted by atomic mass is 9.93. The molecule has 0 spiro atoms. The van der Waals surface area contributed by atoms with Crippen molar-refractivity contribution in [3.63, 3.8) is 0 Å². The van der Waals surface area contributed by atoms with E-state index in [1.165, 1.54) is 0 Å². The summed E-state index contributed by atoms with van der Waals surface area (Å²) in [4.78, 5) is 42.8. The molecule has 3 aromatic carbocycles. The fourth-order valence-electron chi connectivity index (χ4n) is 5.93. The van der Waals surface area contributed by atoms with E-state index in [-0.39, 0.29) is 62.1 Å². The normalized spacial score (nSPS) is 11.0. The molecule has 12 heteroatoms. The van der Waals surface area contributed by atoms with Crippen LogP contribution in [-0.2, 0) is 32.0 Å². The maximum atomic E-state index is 13.1. The molecule has 0 saturated carbocycles. The number of phenols is 2. The molecule has 6 N–H and O–H groups in total. The van der Waals surface area contributed by atoms with Gasteiger partial charge in [-0.15, -0.1) is 5.75 Å². The van der Waals surface area contributed by atoms with Crippen molar-refractivity contribution in [2.75, 3.05) is 26.2 Å². The molecular formula is C37H47NO11. The topological polar surface area (TPSA) is 213 Å². The van der Waals surface area contributed by atoms with Gasteiger partial charge in [-0.25, -0.2) is 0 Å². The minimum atomic E-state index is -1.10. The van der Waals surface area contributed by atoms with E-state index in [0.29, 0.717) is 24.3 Å². The van der Waals surface area contributed by atoms with Crippen LogP contribution in [0.4, 0.5) is 0 Å². The van der Waals surface area contributed by atoms with Crippen LogP contribution in [0, 0.1) is 34.6 Å². The summed E-state index contributed by atoms with van der Waals surface area (Å²) in [7, 11) is 0. The van der Waals surface area contributed by atoms with E-state index in [1.54, 1.807) is 0 Å². The van der Waals surface area contributed by atoms with Crippen LogP contribution in [0.25, 0.3) is 0 Å². The van der Waals surface area contributed by atoms with Gasteiger partial charge in [-0.3, -0.25) is 19.2 Å². The van der Waals surface area contributed by atoms with Crippen LogP contribution in [0.1, 0.15) is 75.8 Å². The molecule has 3 aromatic rings. The summed E-state index contributed by atoms with van der Waals surface area (Å²) < 4.78 is -0.142. The average molecular weight is 682 g/mol. The van der Waals surface area contributed by atoms with E-state index in [2.05, 4.69) is 0 Å². The van der Waals surface area contributed by atoms with E-state index < -0.39 is 23.9 Å². The summed E-state index contributed by atoms with van der Waals surface area (Å²) in [6, 6.07) is 11.7. The van der Waals surface area contributed by atoms with Crippen LogP contribution >= 0.6 is 0 Å². The molecule has 0 radical (unpaired) electrons. The third-order valence-electron chi connectivity index (χ3n) is 8.48. The number of hydrogen-bond acceptors (Lipinski definition) is 7. The Morgan fingerprint density at radius 2 is 0.796 bits per heavy atom. The second-order valence-corrected chi connectivity index (χ2v) is 12.7. The maximum Gasteiger partial charge on any atom is 0.309 e. The summed E-state index contributed by atoms with van der Waals surface area (Å²) in [6.45, 7) is 9.52. The zero-order valence-corrected chi connectivity index (χ0v) is 28.7. The molecule has 0 amide bonds. The molecule has 0 fully saturated rings. The Balaban J connectivity index is 0.000000357. The molecule has 0 atom stereocenters. The van der Waals surface area contributed by atoms with Crippen molar-refractivity contribution in [2.45, 2.75) is 73.1 Å². The second kappa shape index (κ2) is 17.9. The van der Waals surface area contributed by atoms with Gasteiger partial charge in [0.25, 0.3) is 0 Å². The van der Waals surface area contributed by atoms with Gasteiger partial charge in [-0.2, -0.15) is 0 Å². The molecule has 266 valence electrons. The lowest BCUT2D eigenvalue weighted by Crippen LogP contribution is -2.52. The summed E-state index contributed by atoms with van der Waals surface area (Å²) in [5, 5.41) is 68.1. The number of aryl methyl sites for hydroxylation is 5. The molecule has 49 heavy (non-hydrogen) atoms. The largest absolute Gasteiger partial charge is 0.872 e. The number of benzene rings is 3. The van der Waals surface area contributed by atoms with Crippen LogP contribution in [-0.4, -0.2) is 85.2 Å². The Bertz CT molecular complexity index is 1470. The fraction of sp³-hybridized carbons (Fsp3) is 0.405. The molecule has 0 unspecified atom stereocenters. The number of quaternary nitrogens is 1. The molecular weight excluding hydrogens is 634 g/mol. The van der Waals surface area contributed by atoms with Crippen molar-refractivity contribution in [3.05, 3.63) is 86.5 Å². The average Bonchev–Trinajstić information content (AvgIpc) is 3.00. The van der Waals surface area contributed by atoms with E-state index in [1.807, 2.05) is 71.0 Å². The maximum absolute atomic E-state index is 13.1. The van der Waals surface area contributed by atoms with Crippen LogP contribution < -0.4 is 5.11 Å². The molecule has 3 rings (SSSR count). The summed E-state index contributed by atoms with van der Waals surface area (Å²) in [6.07, 6.45) is -0.0261. The molecule has 0 heterocycles. The number of carboxylic acid groups (broad SMARTS) is 4. The Labute approximate surface area is 286 Å². The van der Waals surface area contributed by atoms with Crippen LogP contribution in [0.3, 0.4) is 0 Å². The Hall–Kier alpha value is -5.10. The minimum Gasteiger partial charge on any atom is -0.872 e. The standard InChI is InChI=1S/C25H28O3.C12H19NO8/c1-14-6-21(12-19-8-15(2)23(26)16(3)9-19)25(28)22(7-14)13-20-10-17(4)24(27)18(5)11-20;14-9(15)1-5-13(6-2-10(16)17,7-3-11(18)19)8-4-12(20)21/h6-11,26-28H,12-13H2,1-5H3;1-8H2,(H3-,14,15,16,17,18,19,20,21). The second-order valence-electron chi connectivity index (χ2n) is 12.7. The molecule has 0 aromatic heterocycles. The number of hydrogen-bond donors (Lipinski definition) is 6.